The number of rotatable bonds is 3. The number of H-pyrrole nitrogens is 1. The summed E-state index contributed by atoms with van der Waals surface area (Å²) in [6.07, 6.45) is 1.76. The van der Waals surface area contributed by atoms with Crippen molar-refractivity contribution in [3.63, 3.8) is 0 Å². The van der Waals surface area contributed by atoms with Crippen LogP contribution in [-0.4, -0.2) is 27.1 Å². The highest BCUT2D eigenvalue weighted by Gasteiger charge is 2.20. The molecule has 0 saturated carbocycles. The highest BCUT2D eigenvalue weighted by molar-refractivity contribution is 6.02. The van der Waals surface area contributed by atoms with Gasteiger partial charge in [-0.05, 0) is 28.8 Å². The van der Waals surface area contributed by atoms with Gasteiger partial charge in [0.25, 0.3) is 0 Å². The average Bonchev–Trinajstić information content (AvgIpc) is 3.17. The molecule has 0 aliphatic carbocycles. The van der Waals surface area contributed by atoms with Gasteiger partial charge in [0.2, 0.25) is 0 Å². The lowest BCUT2D eigenvalue weighted by molar-refractivity contribution is -0.0160. The van der Waals surface area contributed by atoms with Crippen molar-refractivity contribution in [2.45, 2.75) is 13.2 Å². The zero-order valence-electron chi connectivity index (χ0n) is 14.5. The van der Waals surface area contributed by atoms with Crippen LogP contribution in [0.15, 0.2) is 54.7 Å². The molecule has 0 unspecified atom stereocenters. The SMILES string of the molecule is OCc1ccc(-c2ccnc3n[nH]c(-c4cccc5c4COCO5)c23)cc1. The molecule has 134 valence electrons. The van der Waals surface area contributed by atoms with Crippen LogP contribution >= 0.6 is 0 Å². The Kier molecular flexibility index (Phi) is 3.85. The van der Waals surface area contributed by atoms with Gasteiger partial charge in [-0.1, -0.05) is 36.4 Å². The molecule has 4 aromatic rings. The van der Waals surface area contributed by atoms with Gasteiger partial charge in [-0.15, -0.1) is 0 Å². The minimum absolute atomic E-state index is 0.0269. The van der Waals surface area contributed by atoms with Crippen LogP contribution in [0.2, 0.25) is 0 Å². The maximum atomic E-state index is 9.29. The molecule has 3 heterocycles. The maximum Gasteiger partial charge on any atom is 0.189 e. The molecule has 0 spiro atoms. The van der Waals surface area contributed by atoms with Gasteiger partial charge >= 0.3 is 0 Å². The number of hydrogen-bond donors (Lipinski definition) is 2. The lowest BCUT2D eigenvalue weighted by Crippen LogP contribution is -2.12. The molecule has 0 fully saturated rings. The molecule has 6 heteroatoms. The predicted molar refractivity (Wildman–Crippen MR) is 101 cm³/mol. The summed E-state index contributed by atoms with van der Waals surface area (Å²) in [5, 5.41) is 17.8. The molecule has 0 amide bonds. The molecule has 6 nitrogen and oxygen atoms in total. The molecule has 1 aliphatic rings. The Morgan fingerprint density at radius 3 is 2.78 bits per heavy atom. The number of ether oxygens (including phenoxy) is 2. The van der Waals surface area contributed by atoms with Crippen molar-refractivity contribution in [3.05, 3.63) is 65.9 Å². The average molecular weight is 359 g/mol. The number of pyridine rings is 1. The molecule has 0 bridgehead atoms. The van der Waals surface area contributed by atoms with Gasteiger partial charge in [0.15, 0.2) is 12.4 Å². The standard InChI is InChI=1S/C21H17N3O3/c25-10-13-4-6-14(7-5-13)15-8-9-22-21-19(15)20(23-24-21)16-2-1-3-18-17(16)11-26-12-27-18/h1-9,25H,10-12H2,(H,22,23,24). The largest absolute Gasteiger partial charge is 0.467 e. The predicted octanol–water partition coefficient (Wildman–Crippen LogP) is 3.65. The number of benzene rings is 2. The number of aromatic amines is 1. The molecule has 5 rings (SSSR count). The second-order valence-electron chi connectivity index (χ2n) is 6.40. The Morgan fingerprint density at radius 2 is 1.93 bits per heavy atom. The number of fused-ring (bicyclic) bond motifs is 2. The van der Waals surface area contributed by atoms with Crippen molar-refractivity contribution in [2.75, 3.05) is 6.79 Å². The summed E-state index contributed by atoms with van der Waals surface area (Å²) in [6, 6.07) is 15.8. The number of nitrogens with one attached hydrogen (secondary N) is 1. The van der Waals surface area contributed by atoms with E-state index in [1.165, 1.54) is 0 Å². The second-order valence-corrected chi connectivity index (χ2v) is 6.40. The Hall–Kier alpha value is -3.22. The number of nitrogens with zero attached hydrogens (tertiary/aromatic N) is 2. The molecule has 0 radical (unpaired) electrons. The van der Waals surface area contributed by atoms with Crippen LogP contribution in [0, 0.1) is 0 Å². The lowest BCUT2D eigenvalue weighted by Gasteiger charge is -2.20. The highest BCUT2D eigenvalue weighted by Crippen LogP contribution is 2.38. The Morgan fingerprint density at radius 1 is 1.04 bits per heavy atom. The summed E-state index contributed by atoms with van der Waals surface area (Å²) in [4.78, 5) is 4.41. The van der Waals surface area contributed by atoms with Crippen LogP contribution in [0.25, 0.3) is 33.4 Å². The van der Waals surface area contributed by atoms with Crippen LogP contribution < -0.4 is 4.74 Å². The van der Waals surface area contributed by atoms with Crippen molar-refractivity contribution < 1.29 is 14.6 Å². The van der Waals surface area contributed by atoms with E-state index in [9.17, 15) is 5.11 Å². The highest BCUT2D eigenvalue weighted by atomic mass is 16.7. The fourth-order valence-corrected chi connectivity index (χ4v) is 3.50. The van der Waals surface area contributed by atoms with E-state index in [0.717, 1.165) is 44.6 Å². The van der Waals surface area contributed by atoms with Crippen LogP contribution in [0.4, 0.5) is 0 Å². The number of aliphatic hydroxyl groups is 1. The first-order valence-corrected chi connectivity index (χ1v) is 8.71. The van der Waals surface area contributed by atoms with E-state index < -0.39 is 0 Å². The summed E-state index contributed by atoms with van der Waals surface area (Å²) in [7, 11) is 0. The smallest absolute Gasteiger partial charge is 0.189 e. The number of hydrogen-bond acceptors (Lipinski definition) is 5. The molecular formula is C21H17N3O3. The van der Waals surface area contributed by atoms with E-state index in [2.05, 4.69) is 15.2 Å². The third-order valence-electron chi connectivity index (χ3n) is 4.85. The third kappa shape index (κ3) is 2.66. The van der Waals surface area contributed by atoms with Gasteiger partial charge in [0.1, 0.15) is 5.75 Å². The van der Waals surface area contributed by atoms with Gasteiger partial charge in [0, 0.05) is 17.3 Å². The van der Waals surface area contributed by atoms with Crippen LogP contribution in [-0.2, 0) is 18.0 Å². The van der Waals surface area contributed by atoms with Gasteiger partial charge in [-0.2, -0.15) is 5.10 Å². The van der Waals surface area contributed by atoms with Crippen LogP contribution in [0.5, 0.6) is 5.75 Å². The van der Waals surface area contributed by atoms with Crippen molar-refractivity contribution in [1.29, 1.82) is 0 Å². The normalized spacial score (nSPS) is 13.4. The quantitative estimate of drug-likeness (QED) is 0.584. The van der Waals surface area contributed by atoms with Gasteiger partial charge < -0.3 is 14.6 Å². The van der Waals surface area contributed by atoms with E-state index in [1.807, 2.05) is 48.5 Å². The van der Waals surface area contributed by atoms with E-state index in [0.29, 0.717) is 12.3 Å². The van der Waals surface area contributed by atoms with Crippen molar-refractivity contribution >= 4 is 11.0 Å². The van der Waals surface area contributed by atoms with E-state index in [4.69, 9.17) is 9.47 Å². The van der Waals surface area contributed by atoms with Crippen molar-refractivity contribution in [1.82, 2.24) is 15.2 Å². The molecule has 0 saturated heterocycles. The molecular weight excluding hydrogens is 342 g/mol. The number of aliphatic hydroxyl groups excluding tert-OH is 1. The van der Waals surface area contributed by atoms with Gasteiger partial charge in [0.05, 0.1) is 24.3 Å². The summed E-state index contributed by atoms with van der Waals surface area (Å²) in [6.45, 7) is 0.788. The van der Waals surface area contributed by atoms with Crippen molar-refractivity contribution in [2.24, 2.45) is 0 Å². The van der Waals surface area contributed by atoms with Gasteiger partial charge in [-0.25, -0.2) is 4.98 Å². The van der Waals surface area contributed by atoms with Gasteiger partial charge in [-0.3, -0.25) is 5.10 Å². The fourth-order valence-electron chi connectivity index (χ4n) is 3.50. The van der Waals surface area contributed by atoms with Crippen LogP contribution in [0.3, 0.4) is 0 Å². The van der Waals surface area contributed by atoms with Crippen molar-refractivity contribution in [3.8, 4) is 28.1 Å². The topological polar surface area (TPSA) is 80.3 Å². The number of aromatic nitrogens is 3. The second kappa shape index (κ2) is 6.50. The van der Waals surface area contributed by atoms with E-state index >= 15 is 0 Å². The van der Waals surface area contributed by atoms with Crippen LogP contribution in [0.1, 0.15) is 11.1 Å². The molecule has 2 N–H and O–H groups in total. The summed E-state index contributed by atoms with van der Waals surface area (Å²) in [5.41, 5.74) is 6.50. The molecule has 1 aliphatic heterocycles. The molecule has 2 aromatic heterocycles. The molecule has 27 heavy (non-hydrogen) atoms. The zero-order valence-corrected chi connectivity index (χ0v) is 14.5. The summed E-state index contributed by atoms with van der Waals surface area (Å²) < 4.78 is 11.1. The minimum Gasteiger partial charge on any atom is -0.467 e. The molecule has 0 atom stereocenters. The van der Waals surface area contributed by atoms with E-state index in [1.54, 1.807) is 6.20 Å². The Bertz CT molecular complexity index is 1120. The monoisotopic (exact) mass is 359 g/mol. The Balaban J connectivity index is 1.73. The summed E-state index contributed by atoms with van der Waals surface area (Å²) in [5.74, 6) is 0.833. The lowest BCUT2D eigenvalue weighted by atomic mass is 9.96. The minimum atomic E-state index is 0.0269. The first-order valence-electron chi connectivity index (χ1n) is 8.71. The molecule has 2 aromatic carbocycles. The zero-order chi connectivity index (χ0) is 18.2. The first kappa shape index (κ1) is 16.0. The van der Waals surface area contributed by atoms with E-state index in [-0.39, 0.29) is 13.4 Å². The summed E-state index contributed by atoms with van der Waals surface area (Å²) >= 11 is 0. The Labute approximate surface area is 155 Å². The first-order chi connectivity index (χ1) is 13.3. The third-order valence-corrected chi connectivity index (χ3v) is 4.85. The fraction of sp³-hybridized carbons (Fsp3) is 0.143. The maximum absolute atomic E-state index is 9.29.